The molecule has 0 atom stereocenters. The number of ether oxygens (including phenoxy) is 1. The van der Waals surface area contributed by atoms with Gasteiger partial charge in [0.1, 0.15) is 0 Å². The smallest absolute Gasteiger partial charge is 0.0816 e. The molecule has 13 heavy (non-hydrogen) atoms. The predicted molar refractivity (Wildman–Crippen MR) is 62.6 cm³/mol. The van der Waals surface area contributed by atoms with Crippen molar-refractivity contribution >= 4 is 12.6 Å². The molecule has 2 heteroatoms. The summed E-state index contributed by atoms with van der Waals surface area (Å²) in [7, 11) is 1.81. The van der Waals surface area contributed by atoms with Crippen molar-refractivity contribution in [3.8, 4) is 0 Å². The first kappa shape index (κ1) is 13.3. The second kappa shape index (κ2) is 5.26. The first-order valence-electron chi connectivity index (χ1n) is 5.33. The summed E-state index contributed by atoms with van der Waals surface area (Å²) in [5, 5.41) is 0. The van der Waals surface area contributed by atoms with E-state index in [-0.39, 0.29) is 10.3 Å². The van der Waals surface area contributed by atoms with Gasteiger partial charge in [-0.2, -0.15) is 12.6 Å². The quantitative estimate of drug-likeness (QED) is 0.649. The molecule has 0 fully saturated rings. The zero-order valence-corrected chi connectivity index (χ0v) is 10.6. The van der Waals surface area contributed by atoms with Crippen molar-refractivity contribution < 1.29 is 4.74 Å². The molecule has 0 saturated carbocycles. The van der Waals surface area contributed by atoms with Crippen LogP contribution in [0.4, 0.5) is 0 Å². The predicted octanol–water partition coefficient (Wildman–Crippen LogP) is 3.68. The van der Waals surface area contributed by atoms with Crippen LogP contribution in [0.1, 0.15) is 53.4 Å². The summed E-state index contributed by atoms with van der Waals surface area (Å²) in [6.45, 7) is 8.75. The number of thiol groups is 1. The highest BCUT2D eigenvalue weighted by atomic mass is 32.1. The van der Waals surface area contributed by atoms with E-state index in [9.17, 15) is 0 Å². The number of hydrogen-bond donors (Lipinski definition) is 1. The number of rotatable bonds is 6. The topological polar surface area (TPSA) is 9.23 Å². The minimum atomic E-state index is -0.0559. The fourth-order valence-electron chi connectivity index (χ4n) is 2.28. The Hall–Kier alpha value is 0.310. The van der Waals surface area contributed by atoms with Crippen molar-refractivity contribution in [3.05, 3.63) is 0 Å². The maximum absolute atomic E-state index is 5.71. The Balaban J connectivity index is 4.87. The van der Waals surface area contributed by atoms with Gasteiger partial charge in [0, 0.05) is 11.9 Å². The van der Waals surface area contributed by atoms with Crippen molar-refractivity contribution in [2.24, 2.45) is 0 Å². The van der Waals surface area contributed by atoms with Crippen molar-refractivity contribution in [2.75, 3.05) is 7.11 Å². The van der Waals surface area contributed by atoms with Gasteiger partial charge in [0.25, 0.3) is 0 Å². The largest absolute Gasteiger partial charge is 0.377 e. The summed E-state index contributed by atoms with van der Waals surface area (Å²) in [6, 6.07) is 0. The Kier molecular flexibility index (Phi) is 5.38. The van der Waals surface area contributed by atoms with E-state index in [1.165, 1.54) is 0 Å². The van der Waals surface area contributed by atoms with E-state index < -0.39 is 0 Å². The summed E-state index contributed by atoms with van der Waals surface area (Å²) < 4.78 is 5.73. The van der Waals surface area contributed by atoms with E-state index >= 15 is 0 Å². The Morgan fingerprint density at radius 2 is 1.31 bits per heavy atom. The van der Waals surface area contributed by atoms with Crippen molar-refractivity contribution in [1.82, 2.24) is 0 Å². The van der Waals surface area contributed by atoms with Crippen LogP contribution in [0.2, 0.25) is 0 Å². The second-order valence-corrected chi connectivity index (χ2v) is 4.50. The van der Waals surface area contributed by atoms with Gasteiger partial charge < -0.3 is 4.74 Å². The molecule has 0 unspecified atom stereocenters. The molecule has 0 aromatic heterocycles. The molecule has 0 rings (SSSR count). The molecule has 80 valence electrons. The second-order valence-electron chi connectivity index (χ2n) is 3.64. The Morgan fingerprint density at radius 3 is 1.38 bits per heavy atom. The van der Waals surface area contributed by atoms with E-state index in [1.807, 2.05) is 7.11 Å². The van der Waals surface area contributed by atoms with E-state index in [4.69, 9.17) is 17.4 Å². The molecule has 1 nitrogen and oxygen atoms in total. The summed E-state index contributed by atoms with van der Waals surface area (Å²) in [5.74, 6) is 0. The van der Waals surface area contributed by atoms with E-state index in [0.29, 0.717) is 0 Å². The summed E-state index contributed by atoms with van der Waals surface area (Å²) in [5.41, 5.74) is -0.0559. The molecule has 0 radical (unpaired) electrons. The third kappa shape index (κ3) is 2.21. The SMILES string of the molecule is CCC(S)(CC)C(CC)(CC)OC. The van der Waals surface area contributed by atoms with Gasteiger partial charge in [-0.05, 0) is 25.7 Å². The van der Waals surface area contributed by atoms with Crippen LogP contribution in [-0.4, -0.2) is 17.5 Å². The van der Waals surface area contributed by atoms with Gasteiger partial charge in [-0.1, -0.05) is 27.7 Å². The molecule has 0 aliphatic heterocycles. The minimum Gasteiger partial charge on any atom is -0.377 e. The Labute approximate surface area is 88.7 Å². The van der Waals surface area contributed by atoms with Crippen LogP contribution in [0.5, 0.6) is 0 Å². The van der Waals surface area contributed by atoms with Crippen LogP contribution in [0.3, 0.4) is 0 Å². The van der Waals surface area contributed by atoms with Gasteiger partial charge in [-0.3, -0.25) is 0 Å². The summed E-state index contributed by atoms with van der Waals surface area (Å²) in [4.78, 5) is 0. The summed E-state index contributed by atoms with van der Waals surface area (Å²) >= 11 is 4.81. The van der Waals surface area contributed by atoms with Crippen molar-refractivity contribution in [1.29, 1.82) is 0 Å². The van der Waals surface area contributed by atoms with Gasteiger partial charge in [0.2, 0.25) is 0 Å². The van der Waals surface area contributed by atoms with Crippen molar-refractivity contribution in [2.45, 2.75) is 63.7 Å². The first-order chi connectivity index (χ1) is 6.05. The van der Waals surface area contributed by atoms with Gasteiger partial charge in [0.15, 0.2) is 0 Å². The van der Waals surface area contributed by atoms with Gasteiger partial charge >= 0.3 is 0 Å². The summed E-state index contributed by atoms with van der Waals surface area (Å²) in [6.07, 6.45) is 4.18. The Bertz CT molecular complexity index is 129. The lowest BCUT2D eigenvalue weighted by atomic mass is 9.78. The monoisotopic (exact) mass is 204 g/mol. The average molecular weight is 204 g/mol. The average Bonchev–Trinajstić information content (AvgIpc) is 2.20. The lowest BCUT2D eigenvalue weighted by molar-refractivity contribution is -0.0512. The maximum atomic E-state index is 5.71. The number of hydrogen-bond acceptors (Lipinski definition) is 2. The fourth-order valence-corrected chi connectivity index (χ4v) is 2.69. The van der Waals surface area contributed by atoms with Crippen LogP contribution in [0, 0.1) is 0 Å². The molecule has 0 bridgehead atoms. The first-order valence-corrected chi connectivity index (χ1v) is 5.78. The van der Waals surface area contributed by atoms with Crippen LogP contribution in [0.15, 0.2) is 0 Å². The zero-order valence-electron chi connectivity index (χ0n) is 9.68. The molecule has 0 aliphatic rings. The highest BCUT2D eigenvalue weighted by molar-refractivity contribution is 7.81. The maximum Gasteiger partial charge on any atom is 0.0816 e. The van der Waals surface area contributed by atoms with Crippen LogP contribution in [0.25, 0.3) is 0 Å². The standard InChI is InChI=1S/C11H24OS/c1-6-10(7-2,12-5)11(13,8-3)9-4/h13H,6-9H2,1-5H3. The lowest BCUT2D eigenvalue weighted by Crippen LogP contribution is -2.50. The molecule has 0 aromatic rings. The highest BCUT2D eigenvalue weighted by Crippen LogP contribution is 2.42. The molecule has 0 amide bonds. The van der Waals surface area contributed by atoms with Gasteiger partial charge in [-0.15, -0.1) is 0 Å². The van der Waals surface area contributed by atoms with Gasteiger partial charge in [-0.25, -0.2) is 0 Å². The van der Waals surface area contributed by atoms with Crippen LogP contribution >= 0.6 is 12.6 Å². The lowest BCUT2D eigenvalue weighted by Gasteiger charge is -2.45. The molecule has 0 heterocycles. The van der Waals surface area contributed by atoms with Crippen molar-refractivity contribution in [3.63, 3.8) is 0 Å². The molecular formula is C11H24OS. The van der Waals surface area contributed by atoms with Gasteiger partial charge in [0.05, 0.1) is 5.60 Å². The molecule has 0 spiro atoms. The molecule has 0 N–H and O–H groups in total. The normalized spacial score (nSPS) is 13.4. The fraction of sp³-hybridized carbons (Fsp3) is 1.00. The third-order valence-electron chi connectivity index (χ3n) is 3.55. The van der Waals surface area contributed by atoms with E-state index in [1.54, 1.807) is 0 Å². The third-order valence-corrected chi connectivity index (χ3v) is 4.59. The van der Waals surface area contributed by atoms with E-state index in [2.05, 4.69) is 27.7 Å². The molecule has 0 aromatic carbocycles. The molecular weight excluding hydrogens is 180 g/mol. The van der Waals surface area contributed by atoms with E-state index in [0.717, 1.165) is 25.7 Å². The Morgan fingerprint density at radius 1 is 0.923 bits per heavy atom. The minimum absolute atomic E-state index is 0.0191. The van der Waals surface area contributed by atoms with Crippen LogP contribution in [-0.2, 0) is 4.74 Å². The highest BCUT2D eigenvalue weighted by Gasteiger charge is 2.44. The molecule has 0 aliphatic carbocycles. The molecule has 0 saturated heterocycles. The van der Waals surface area contributed by atoms with Crippen LogP contribution < -0.4 is 0 Å². The number of methoxy groups -OCH3 is 1. The zero-order chi connectivity index (χ0) is 10.5.